The molecule has 3 aromatic carbocycles. The minimum absolute atomic E-state index is 0.322. The number of para-hydroxylation sites is 3. The molecule has 0 saturated carbocycles. The van der Waals surface area contributed by atoms with Crippen molar-refractivity contribution in [2.45, 2.75) is 0 Å². The lowest BCUT2D eigenvalue weighted by atomic mass is 10.3. The van der Waals surface area contributed by atoms with E-state index in [0.717, 1.165) is 0 Å². The fourth-order valence-corrected chi connectivity index (χ4v) is 2.21. The first-order valence-corrected chi connectivity index (χ1v) is 8.01. The predicted molar refractivity (Wildman–Crippen MR) is 89.9 cm³/mol. The van der Waals surface area contributed by atoms with Gasteiger partial charge in [-0.05, 0) is 36.4 Å². The first-order chi connectivity index (χ1) is 11.2. The van der Waals surface area contributed by atoms with Crippen molar-refractivity contribution in [1.82, 2.24) is 0 Å². The van der Waals surface area contributed by atoms with E-state index in [1.807, 2.05) is 18.2 Å². The Bertz CT molecular complexity index is 659. The average molecular weight is 327 g/mol. The zero-order valence-electron chi connectivity index (χ0n) is 12.3. The van der Waals surface area contributed by atoms with Gasteiger partial charge in [-0.1, -0.05) is 54.6 Å². The highest BCUT2D eigenvalue weighted by atomic mass is 31.1. The van der Waals surface area contributed by atoms with Crippen molar-refractivity contribution in [2.24, 2.45) is 0 Å². The van der Waals surface area contributed by atoms with Gasteiger partial charge in [-0.15, -0.1) is 0 Å². The highest BCUT2D eigenvalue weighted by Gasteiger charge is 2.23. The van der Waals surface area contributed by atoms with Gasteiger partial charge in [-0.3, -0.25) is 0 Å². The third-order valence-electron chi connectivity index (χ3n) is 2.60. The molecule has 4 nitrogen and oxygen atoms in total. The van der Waals surface area contributed by atoms with Gasteiger partial charge in [0, 0.05) is 4.57 Å². The number of aromatic hydroxyl groups is 1. The zero-order chi connectivity index (χ0) is 16.3. The maximum Gasteiger partial charge on any atom is 0.805 e. The summed E-state index contributed by atoms with van der Waals surface area (Å²) < 4.78 is 21.7. The lowest BCUT2D eigenvalue weighted by molar-refractivity contribution is 0.415. The van der Waals surface area contributed by atoms with E-state index < -0.39 is 8.25 Å². The molecule has 1 N–H and O–H groups in total. The number of hydrogen-bond acceptors (Lipinski definition) is 4. The summed E-state index contributed by atoms with van der Waals surface area (Å²) in [5.41, 5.74) is 0. The monoisotopic (exact) mass is 327 g/mol. The quantitative estimate of drug-likeness (QED) is 0.670. The van der Waals surface area contributed by atoms with Gasteiger partial charge in [-0.2, -0.15) is 0 Å². The molecule has 0 fully saturated rings. The normalized spacial score (nSPS) is 9.22. The van der Waals surface area contributed by atoms with Crippen LogP contribution >= 0.6 is 8.25 Å². The summed E-state index contributed by atoms with van der Waals surface area (Å²) in [6.45, 7) is 0. The summed E-state index contributed by atoms with van der Waals surface area (Å²) in [7, 11) is -2.18. The van der Waals surface area contributed by atoms with Crippen molar-refractivity contribution in [3.8, 4) is 17.2 Å². The molecule has 3 aromatic rings. The van der Waals surface area contributed by atoms with E-state index in [9.17, 15) is 4.57 Å². The fraction of sp³-hybridized carbons (Fsp3) is 0. The van der Waals surface area contributed by atoms with Crippen LogP contribution < -0.4 is 9.05 Å². The lowest BCUT2D eigenvalue weighted by Gasteiger charge is -1.92. The summed E-state index contributed by atoms with van der Waals surface area (Å²) in [6, 6.07) is 26.6. The van der Waals surface area contributed by atoms with Crippen LogP contribution in [0.4, 0.5) is 0 Å². The standard InChI is InChI=1S/C12H10O3P.C6H6O/c13-16(14-11-7-3-1-4-8-11)15-12-9-5-2-6-10-12;7-6-4-2-1-3-5-6/h1-10H;1-5,7H/q+1;. The molecule has 0 aliphatic heterocycles. The van der Waals surface area contributed by atoms with Crippen LogP contribution in [0.25, 0.3) is 0 Å². The largest absolute Gasteiger partial charge is 0.805 e. The molecule has 0 atom stereocenters. The van der Waals surface area contributed by atoms with Crippen molar-refractivity contribution >= 4 is 8.25 Å². The number of rotatable bonds is 4. The molecule has 0 aliphatic rings. The van der Waals surface area contributed by atoms with Crippen molar-refractivity contribution in [2.75, 3.05) is 0 Å². The van der Waals surface area contributed by atoms with E-state index in [4.69, 9.17) is 14.2 Å². The van der Waals surface area contributed by atoms with Gasteiger partial charge >= 0.3 is 8.25 Å². The maximum absolute atomic E-state index is 11.5. The Morgan fingerprint density at radius 3 is 1.26 bits per heavy atom. The molecule has 0 unspecified atom stereocenters. The number of phenolic OH excluding ortho intramolecular Hbond substituents is 1. The second kappa shape index (κ2) is 9.23. The Kier molecular flexibility index (Phi) is 6.64. The summed E-state index contributed by atoms with van der Waals surface area (Å²) in [4.78, 5) is 0. The molecular weight excluding hydrogens is 311 g/mol. The molecule has 0 heterocycles. The Balaban J connectivity index is 0.000000229. The molecule has 116 valence electrons. The molecule has 0 aliphatic carbocycles. The molecule has 0 aromatic heterocycles. The molecule has 23 heavy (non-hydrogen) atoms. The van der Waals surface area contributed by atoms with Crippen LogP contribution in [-0.2, 0) is 4.57 Å². The molecule has 0 radical (unpaired) electrons. The van der Waals surface area contributed by atoms with E-state index in [1.54, 1.807) is 72.8 Å². The third-order valence-corrected chi connectivity index (χ3v) is 3.32. The third kappa shape index (κ3) is 6.64. The number of hydrogen-bond donors (Lipinski definition) is 1. The second-order valence-corrected chi connectivity index (χ2v) is 5.18. The van der Waals surface area contributed by atoms with Gasteiger partial charge in [0.15, 0.2) is 11.5 Å². The fourth-order valence-electron chi connectivity index (χ4n) is 1.58. The summed E-state index contributed by atoms with van der Waals surface area (Å²) in [5.74, 6) is 1.38. The first-order valence-electron chi connectivity index (χ1n) is 6.91. The van der Waals surface area contributed by atoms with Crippen molar-refractivity contribution in [3.63, 3.8) is 0 Å². The van der Waals surface area contributed by atoms with Crippen LogP contribution in [0.2, 0.25) is 0 Å². The summed E-state index contributed by atoms with van der Waals surface area (Å²) in [5, 5.41) is 8.63. The SMILES string of the molecule is O=[P+](Oc1ccccc1)Oc1ccccc1.Oc1ccccc1. The highest BCUT2D eigenvalue weighted by molar-refractivity contribution is 7.34. The molecule has 5 heteroatoms. The zero-order valence-corrected chi connectivity index (χ0v) is 13.2. The average Bonchev–Trinajstić information content (AvgIpc) is 2.58. The molecule has 0 saturated heterocycles. The molecule has 0 spiro atoms. The van der Waals surface area contributed by atoms with E-state index in [2.05, 4.69) is 0 Å². The van der Waals surface area contributed by atoms with Gasteiger partial charge in [0.1, 0.15) is 5.75 Å². The van der Waals surface area contributed by atoms with E-state index >= 15 is 0 Å². The Hall–Kier alpha value is -2.84. The van der Waals surface area contributed by atoms with Gasteiger partial charge in [0.05, 0.1) is 0 Å². The van der Waals surface area contributed by atoms with Crippen LogP contribution in [0.3, 0.4) is 0 Å². The Morgan fingerprint density at radius 2 is 0.957 bits per heavy atom. The van der Waals surface area contributed by atoms with Crippen LogP contribution in [0, 0.1) is 0 Å². The maximum atomic E-state index is 11.5. The lowest BCUT2D eigenvalue weighted by Crippen LogP contribution is -1.87. The summed E-state index contributed by atoms with van der Waals surface area (Å²) >= 11 is 0. The molecule has 0 amide bonds. The Labute approximate surface area is 135 Å². The van der Waals surface area contributed by atoms with Crippen molar-refractivity contribution < 1.29 is 18.7 Å². The smallest absolute Gasteiger partial charge is 0.508 e. The van der Waals surface area contributed by atoms with Gasteiger partial charge in [0.25, 0.3) is 0 Å². The van der Waals surface area contributed by atoms with E-state index in [0.29, 0.717) is 17.2 Å². The van der Waals surface area contributed by atoms with Crippen molar-refractivity contribution in [3.05, 3.63) is 91.0 Å². The Morgan fingerprint density at radius 1 is 0.609 bits per heavy atom. The van der Waals surface area contributed by atoms with E-state index in [-0.39, 0.29) is 0 Å². The molecule has 3 rings (SSSR count). The van der Waals surface area contributed by atoms with Crippen LogP contribution in [0.5, 0.6) is 17.2 Å². The first kappa shape index (κ1) is 16.5. The minimum atomic E-state index is -2.18. The van der Waals surface area contributed by atoms with Gasteiger partial charge < -0.3 is 5.11 Å². The van der Waals surface area contributed by atoms with Gasteiger partial charge in [0.2, 0.25) is 0 Å². The molecular formula is C18H16O4P+. The topological polar surface area (TPSA) is 55.8 Å². The number of benzene rings is 3. The van der Waals surface area contributed by atoms with Crippen LogP contribution in [0.1, 0.15) is 0 Å². The van der Waals surface area contributed by atoms with Crippen LogP contribution in [-0.4, -0.2) is 5.11 Å². The minimum Gasteiger partial charge on any atom is -0.508 e. The van der Waals surface area contributed by atoms with Crippen LogP contribution in [0.15, 0.2) is 91.0 Å². The van der Waals surface area contributed by atoms with Crippen molar-refractivity contribution in [1.29, 1.82) is 0 Å². The highest BCUT2D eigenvalue weighted by Crippen LogP contribution is 2.29. The predicted octanol–water partition coefficient (Wildman–Crippen LogP) is 5.19. The van der Waals surface area contributed by atoms with E-state index in [1.165, 1.54) is 0 Å². The summed E-state index contributed by atoms with van der Waals surface area (Å²) in [6.07, 6.45) is 0. The van der Waals surface area contributed by atoms with Gasteiger partial charge in [-0.25, -0.2) is 9.05 Å². The molecule has 0 bridgehead atoms. The number of phenols is 1. The second-order valence-electron chi connectivity index (χ2n) is 4.37.